The van der Waals surface area contributed by atoms with E-state index in [4.69, 9.17) is 9.26 Å². The second kappa shape index (κ2) is 10.5. The number of amides is 1. The molecule has 3 aromatic rings. The van der Waals surface area contributed by atoms with Crippen molar-refractivity contribution in [2.75, 3.05) is 25.5 Å². The molecule has 0 bridgehead atoms. The second-order valence-electron chi connectivity index (χ2n) is 8.57. The van der Waals surface area contributed by atoms with E-state index in [1.165, 1.54) is 4.31 Å². The van der Waals surface area contributed by atoms with E-state index >= 15 is 0 Å². The summed E-state index contributed by atoms with van der Waals surface area (Å²) in [6.07, 6.45) is 4.26. The van der Waals surface area contributed by atoms with Gasteiger partial charge in [-0.2, -0.15) is 4.31 Å². The van der Waals surface area contributed by atoms with E-state index in [0.717, 1.165) is 11.1 Å². The standard InChI is InChI=1S/C26H29N3O5S/c1-18-8-10-20(11-9-18)12-13-24-25(19(2)28-34-24)35(31,32)29-16-14-21(15-17-29)26(30)27-22-6-4-5-7-23(22)33-3/h4-13,21H,14-17H2,1-3H3,(H,27,30). The number of piperidine rings is 1. The maximum atomic E-state index is 13.5. The van der Waals surface area contributed by atoms with Gasteiger partial charge in [-0.15, -0.1) is 0 Å². The van der Waals surface area contributed by atoms with Crippen LogP contribution >= 0.6 is 0 Å². The van der Waals surface area contributed by atoms with Crippen LogP contribution < -0.4 is 10.1 Å². The van der Waals surface area contributed by atoms with Crippen molar-refractivity contribution in [1.29, 1.82) is 0 Å². The lowest BCUT2D eigenvalue weighted by atomic mass is 9.97. The number of rotatable bonds is 7. The van der Waals surface area contributed by atoms with Crippen molar-refractivity contribution in [2.24, 2.45) is 5.92 Å². The minimum absolute atomic E-state index is 0.0674. The fraction of sp³-hybridized carbons (Fsp3) is 0.308. The van der Waals surface area contributed by atoms with E-state index in [2.05, 4.69) is 10.5 Å². The summed E-state index contributed by atoms with van der Waals surface area (Å²) >= 11 is 0. The number of methoxy groups -OCH3 is 1. The maximum absolute atomic E-state index is 13.5. The van der Waals surface area contributed by atoms with Crippen molar-refractivity contribution in [1.82, 2.24) is 9.46 Å². The average Bonchev–Trinajstić information content (AvgIpc) is 3.25. The summed E-state index contributed by atoms with van der Waals surface area (Å²) < 4.78 is 39.0. The number of benzene rings is 2. The topological polar surface area (TPSA) is 102 Å². The molecule has 1 aromatic heterocycles. The number of nitrogens with one attached hydrogen (secondary N) is 1. The van der Waals surface area contributed by atoms with Crippen LogP contribution in [-0.2, 0) is 14.8 Å². The Bertz CT molecular complexity index is 1320. The maximum Gasteiger partial charge on any atom is 0.248 e. The number of carbonyl (C=O) groups excluding carboxylic acids is 1. The summed E-state index contributed by atoms with van der Waals surface area (Å²) in [7, 11) is -2.29. The molecule has 35 heavy (non-hydrogen) atoms. The third-order valence-electron chi connectivity index (χ3n) is 6.13. The van der Waals surface area contributed by atoms with Crippen LogP contribution in [0.5, 0.6) is 5.75 Å². The van der Waals surface area contributed by atoms with Crippen LogP contribution in [0.1, 0.15) is 35.4 Å². The van der Waals surface area contributed by atoms with Gasteiger partial charge in [0.15, 0.2) is 10.7 Å². The number of aryl methyl sites for hydroxylation is 2. The summed E-state index contributed by atoms with van der Waals surface area (Å²) in [6.45, 7) is 4.09. The number of carbonyl (C=O) groups is 1. The number of hydrogen-bond acceptors (Lipinski definition) is 6. The van der Waals surface area contributed by atoms with Crippen molar-refractivity contribution in [2.45, 2.75) is 31.6 Å². The largest absolute Gasteiger partial charge is 0.495 e. The van der Waals surface area contributed by atoms with Gasteiger partial charge in [0.05, 0.1) is 12.8 Å². The molecule has 8 nitrogen and oxygen atoms in total. The highest BCUT2D eigenvalue weighted by atomic mass is 32.2. The third-order valence-corrected chi connectivity index (χ3v) is 8.18. The summed E-state index contributed by atoms with van der Waals surface area (Å²) in [5.41, 5.74) is 2.97. The molecule has 1 aliphatic heterocycles. The SMILES string of the molecule is COc1ccccc1NC(=O)C1CCN(S(=O)(=O)c2c(C)noc2C=Cc2ccc(C)cc2)CC1. The van der Waals surface area contributed by atoms with Gasteiger partial charge in [0.1, 0.15) is 11.4 Å². The van der Waals surface area contributed by atoms with Gasteiger partial charge in [0, 0.05) is 19.0 Å². The van der Waals surface area contributed by atoms with Crippen LogP contribution in [-0.4, -0.2) is 44.0 Å². The lowest BCUT2D eigenvalue weighted by molar-refractivity contribution is -0.120. The first-order chi connectivity index (χ1) is 16.8. The Labute approximate surface area is 205 Å². The van der Waals surface area contributed by atoms with Crippen molar-refractivity contribution in [3.63, 3.8) is 0 Å². The van der Waals surface area contributed by atoms with Gasteiger partial charge >= 0.3 is 0 Å². The van der Waals surface area contributed by atoms with Gasteiger partial charge in [-0.05, 0) is 50.5 Å². The van der Waals surface area contributed by atoms with Crippen LogP contribution in [0, 0.1) is 19.8 Å². The number of nitrogens with zero attached hydrogens (tertiary/aromatic N) is 2. The van der Waals surface area contributed by atoms with Gasteiger partial charge in [-0.1, -0.05) is 53.2 Å². The molecule has 0 unspecified atom stereocenters. The molecule has 1 saturated heterocycles. The number of para-hydroxylation sites is 2. The highest BCUT2D eigenvalue weighted by molar-refractivity contribution is 7.89. The van der Waals surface area contributed by atoms with E-state index in [1.54, 1.807) is 38.3 Å². The lowest BCUT2D eigenvalue weighted by Gasteiger charge is -2.30. The van der Waals surface area contributed by atoms with Gasteiger partial charge in [0.25, 0.3) is 0 Å². The Balaban J connectivity index is 1.45. The predicted molar refractivity (Wildman–Crippen MR) is 134 cm³/mol. The molecule has 0 saturated carbocycles. The van der Waals surface area contributed by atoms with E-state index in [9.17, 15) is 13.2 Å². The molecule has 2 heterocycles. The molecule has 1 aliphatic rings. The van der Waals surface area contributed by atoms with E-state index in [0.29, 0.717) is 30.0 Å². The molecule has 0 atom stereocenters. The van der Waals surface area contributed by atoms with Crippen LogP contribution in [0.15, 0.2) is 57.9 Å². The molecule has 9 heteroatoms. The van der Waals surface area contributed by atoms with Crippen LogP contribution in [0.3, 0.4) is 0 Å². The summed E-state index contributed by atoms with van der Waals surface area (Å²) in [6, 6.07) is 15.1. The Morgan fingerprint density at radius 1 is 1.09 bits per heavy atom. The molecule has 4 rings (SSSR count). The van der Waals surface area contributed by atoms with Crippen LogP contribution in [0.25, 0.3) is 12.2 Å². The van der Waals surface area contributed by atoms with Crippen molar-refractivity contribution in [3.05, 3.63) is 71.1 Å². The molecular formula is C26H29N3O5S. The Hall–Kier alpha value is -3.43. The highest BCUT2D eigenvalue weighted by Crippen LogP contribution is 2.30. The van der Waals surface area contributed by atoms with Gasteiger partial charge in [0.2, 0.25) is 15.9 Å². The van der Waals surface area contributed by atoms with Crippen molar-refractivity contribution >= 4 is 33.8 Å². The first-order valence-corrected chi connectivity index (χ1v) is 12.9. The Morgan fingerprint density at radius 2 is 1.77 bits per heavy atom. The summed E-state index contributed by atoms with van der Waals surface area (Å²) in [5, 5.41) is 6.80. The molecular weight excluding hydrogens is 466 g/mol. The molecule has 0 spiro atoms. The zero-order valence-corrected chi connectivity index (χ0v) is 20.8. The highest BCUT2D eigenvalue weighted by Gasteiger charge is 2.36. The molecule has 2 aromatic carbocycles. The van der Waals surface area contributed by atoms with Crippen molar-refractivity contribution < 1.29 is 22.5 Å². The van der Waals surface area contributed by atoms with Gasteiger partial charge in [-0.3, -0.25) is 4.79 Å². The van der Waals surface area contributed by atoms with Crippen LogP contribution in [0.2, 0.25) is 0 Å². The quantitative estimate of drug-likeness (QED) is 0.518. The molecule has 1 N–H and O–H groups in total. The molecule has 1 amide bonds. The smallest absolute Gasteiger partial charge is 0.248 e. The van der Waals surface area contributed by atoms with Crippen LogP contribution in [0.4, 0.5) is 5.69 Å². The van der Waals surface area contributed by atoms with E-state index in [1.807, 2.05) is 43.3 Å². The molecule has 0 aliphatic carbocycles. The summed E-state index contributed by atoms with van der Waals surface area (Å²) in [4.78, 5) is 12.9. The average molecular weight is 496 g/mol. The van der Waals surface area contributed by atoms with E-state index in [-0.39, 0.29) is 35.6 Å². The lowest BCUT2D eigenvalue weighted by Crippen LogP contribution is -2.41. The Morgan fingerprint density at radius 3 is 2.46 bits per heavy atom. The van der Waals surface area contributed by atoms with Gasteiger partial charge in [-0.25, -0.2) is 8.42 Å². The fourth-order valence-electron chi connectivity index (χ4n) is 4.12. The zero-order valence-electron chi connectivity index (χ0n) is 20.0. The number of ether oxygens (including phenoxy) is 1. The molecule has 184 valence electrons. The predicted octanol–water partition coefficient (Wildman–Crippen LogP) is 4.51. The Kier molecular flexibility index (Phi) is 7.37. The molecule has 0 radical (unpaired) electrons. The van der Waals surface area contributed by atoms with Crippen molar-refractivity contribution in [3.8, 4) is 5.75 Å². The second-order valence-corrected chi connectivity index (χ2v) is 10.4. The first-order valence-electron chi connectivity index (χ1n) is 11.4. The minimum Gasteiger partial charge on any atom is -0.495 e. The number of hydrogen-bond donors (Lipinski definition) is 1. The monoisotopic (exact) mass is 495 g/mol. The normalized spacial score (nSPS) is 15.4. The van der Waals surface area contributed by atoms with Gasteiger partial charge < -0.3 is 14.6 Å². The number of aromatic nitrogens is 1. The minimum atomic E-state index is -3.84. The third kappa shape index (κ3) is 5.47. The first kappa shape index (κ1) is 24.7. The fourth-order valence-corrected chi connectivity index (χ4v) is 5.84. The number of sulfonamides is 1. The van der Waals surface area contributed by atoms with E-state index < -0.39 is 10.0 Å². The number of anilines is 1. The molecule has 1 fully saturated rings. The zero-order chi connectivity index (χ0) is 25.0. The summed E-state index contributed by atoms with van der Waals surface area (Å²) in [5.74, 6) is 0.333.